The van der Waals surface area contributed by atoms with Gasteiger partial charge in [-0.25, -0.2) is 4.98 Å². The SMILES string of the molecule is O=C1CC(c2nc3ccccc3n2Cc2ccc3ccccc3c2)CN1CCc1ccccc1. The van der Waals surface area contributed by atoms with Gasteiger partial charge in [0.15, 0.2) is 0 Å². The molecule has 0 bridgehead atoms. The molecule has 5 aromatic rings. The molecule has 0 spiro atoms. The molecular formula is C30H27N3O. The van der Waals surface area contributed by atoms with Crippen molar-refractivity contribution in [3.63, 3.8) is 0 Å². The molecule has 34 heavy (non-hydrogen) atoms. The first-order chi connectivity index (χ1) is 16.7. The minimum atomic E-state index is 0.108. The summed E-state index contributed by atoms with van der Waals surface area (Å²) < 4.78 is 2.32. The number of carbonyl (C=O) groups is 1. The van der Waals surface area contributed by atoms with E-state index in [1.165, 1.54) is 21.9 Å². The Kier molecular flexibility index (Phi) is 5.34. The average Bonchev–Trinajstić information content (AvgIpc) is 3.43. The molecule has 1 fully saturated rings. The summed E-state index contributed by atoms with van der Waals surface area (Å²) in [6.45, 7) is 2.23. The van der Waals surface area contributed by atoms with Gasteiger partial charge in [-0.2, -0.15) is 0 Å². The van der Waals surface area contributed by atoms with E-state index < -0.39 is 0 Å². The smallest absolute Gasteiger partial charge is 0.223 e. The number of hydrogen-bond donors (Lipinski definition) is 0. The van der Waals surface area contributed by atoms with Crippen molar-refractivity contribution in [2.45, 2.75) is 25.3 Å². The second kappa shape index (κ2) is 8.79. The van der Waals surface area contributed by atoms with Crippen LogP contribution in [0.1, 0.15) is 29.3 Å². The molecule has 4 nitrogen and oxygen atoms in total. The number of amides is 1. The van der Waals surface area contributed by atoms with Gasteiger partial charge in [-0.05, 0) is 46.5 Å². The molecule has 1 amide bonds. The second-order valence-corrected chi connectivity index (χ2v) is 9.20. The predicted molar refractivity (Wildman–Crippen MR) is 137 cm³/mol. The van der Waals surface area contributed by atoms with Crippen LogP contribution in [0.3, 0.4) is 0 Å². The Morgan fingerprint density at radius 3 is 2.44 bits per heavy atom. The van der Waals surface area contributed by atoms with E-state index in [9.17, 15) is 4.79 Å². The number of rotatable bonds is 6. The Morgan fingerprint density at radius 1 is 0.794 bits per heavy atom. The van der Waals surface area contributed by atoms with Crippen LogP contribution < -0.4 is 0 Å². The quantitative estimate of drug-likeness (QED) is 0.331. The highest BCUT2D eigenvalue weighted by Gasteiger charge is 2.33. The summed E-state index contributed by atoms with van der Waals surface area (Å²) in [6, 6.07) is 33.8. The molecule has 0 N–H and O–H groups in total. The number of nitrogens with zero attached hydrogens (tertiary/aromatic N) is 3. The largest absolute Gasteiger partial charge is 0.342 e. The van der Waals surface area contributed by atoms with Gasteiger partial charge in [0.2, 0.25) is 5.91 Å². The van der Waals surface area contributed by atoms with Crippen LogP contribution in [0.2, 0.25) is 0 Å². The first-order valence-corrected chi connectivity index (χ1v) is 12.0. The van der Waals surface area contributed by atoms with E-state index in [0.29, 0.717) is 6.42 Å². The molecule has 0 radical (unpaired) electrons. The van der Waals surface area contributed by atoms with Crippen molar-refractivity contribution < 1.29 is 4.79 Å². The predicted octanol–water partition coefficient (Wildman–Crippen LogP) is 5.80. The van der Waals surface area contributed by atoms with Crippen LogP contribution in [0.25, 0.3) is 21.8 Å². The standard InChI is InChI=1S/C30H27N3O/c34-29-19-26(21-32(29)17-16-22-8-2-1-3-9-22)30-31-27-12-6-7-13-28(27)33(30)20-23-14-15-24-10-4-5-11-25(24)18-23/h1-15,18,26H,16-17,19-21H2. The fourth-order valence-electron chi connectivity index (χ4n) is 5.16. The zero-order valence-electron chi connectivity index (χ0n) is 19.1. The van der Waals surface area contributed by atoms with Gasteiger partial charge in [0, 0.05) is 32.0 Å². The number of para-hydroxylation sites is 2. The highest BCUT2D eigenvalue weighted by atomic mass is 16.2. The first-order valence-electron chi connectivity index (χ1n) is 12.0. The Morgan fingerprint density at radius 2 is 1.56 bits per heavy atom. The van der Waals surface area contributed by atoms with Crippen LogP contribution >= 0.6 is 0 Å². The van der Waals surface area contributed by atoms with Gasteiger partial charge in [-0.15, -0.1) is 0 Å². The van der Waals surface area contributed by atoms with Gasteiger partial charge in [0.05, 0.1) is 11.0 Å². The van der Waals surface area contributed by atoms with Crippen molar-refractivity contribution >= 4 is 27.7 Å². The fourth-order valence-corrected chi connectivity index (χ4v) is 5.16. The zero-order chi connectivity index (χ0) is 22.9. The molecule has 1 saturated heterocycles. The summed E-state index contributed by atoms with van der Waals surface area (Å²) in [5.41, 5.74) is 4.63. The summed E-state index contributed by atoms with van der Waals surface area (Å²) in [4.78, 5) is 19.9. The molecule has 6 rings (SSSR count). The van der Waals surface area contributed by atoms with Gasteiger partial charge in [0.25, 0.3) is 0 Å². The van der Waals surface area contributed by atoms with Crippen LogP contribution in [0, 0.1) is 0 Å². The monoisotopic (exact) mass is 445 g/mol. The number of likely N-dealkylation sites (tertiary alicyclic amines) is 1. The summed E-state index contributed by atoms with van der Waals surface area (Å²) >= 11 is 0. The summed E-state index contributed by atoms with van der Waals surface area (Å²) in [5.74, 6) is 1.35. The molecule has 0 aliphatic carbocycles. The molecule has 1 aliphatic heterocycles. The zero-order valence-corrected chi connectivity index (χ0v) is 19.1. The van der Waals surface area contributed by atoms with Crippen molar-refractivity contribution in [1.29, 1.82) is 0 Å². The van der Waals surface area contributed by atoms with E-state index in [-0.39, 0.29) is 11.8 Å². The van der Waals surface area contributed by atoms with E-state index in [0.717, 1.165) is 42.9 Å². The minimum Gasteiger partial charge on any atom is -0.342 e. The van der Waals surface area contributed by atoms with E-state index in [4.69, 9.17) is 4.98 Å². The van der Waals surface area contributed by atoms with Crippen LogP contribution in [-0.2, 0) is 17.8 Å². The maximum absolute atomic E-state index is 12.9. The number of fused-ring (bicyclic) bond motifs is 2. The van der Waals surface area contributed by atoms with Gasteiger partial charge >= 0.3 is 0 Å². The van der Waals surface area contributed by atoms with Crippen LogP contribution in [0.5, 0.6) is 0 Å². The third-order valence-corrected chi connectivity index (χ3v) is 6.93. The van der Waals surface area contributed by atoms with Crippen molar-refractivity contribution in [1.82, 2.24) is 14.5 Å². The van der Waals surface area contributed by atoms with E-state index in [1.54, 1.807) is 0 Å². The highest BCUT2D eigenvalue weighted by molar-refractivity contribution is 5.83. The summed E-state index contributed by atoms with van der Waals surface area (Å²) in [7, 11) is 0. The molecule has 2 heterocycles. The lowest BCUT2D eigenvalue weighted by atomic mass is 10.1. The van der Waals surface area contributed by atoms with E-state index in [1.807, 2.05) is 17.0 Å². The van der Waals surface area contributed by atoms with Gasteiger partial charge < -0.3 is 9.47 Å². The van der Waals surface area contributed by atoms with Gasteiger partial charge in [0.1, 0.15) is 5.82 Å². The summed E-state index contributed by atoms with van der Waals surface area (Å²) in [5, 5.41) is 2.49. The Bertz CT molecular complexity index is 1470. The molecule has 0 saturated carbocycles. The maximum Gasteiger partial charge on any atom is 0.223 e. The first kappa shape index (κ1) is 20.7. The van der Waals surface area contributed by atoms with Gasteiger partial charge in [-0.1, -0.05) is 78.9 Å². The van der Waals surface area contributed by atoms with E-state index in [2.05, 4.69) is 89.5 Å². The normalized spacial score (nSPS) is 16.1. The molecule has 4 heteroatoms. The molecular weight excluding hydrogens is 418 g/mol. The molecule has 1 aromatic heterocycles. The number of carbonyl (C=O) groups excluding carboxylic acids is 1. The lowest BCUT2D eigenvalue weighted by molar-refractivity contribution is -0.127. The number of aromatic nitrogens is 2. The van der Waals surface area contributed by atoms with Gasteiger partial charge in [-0.3, -0.25) is 4.79 Å². The third kappa shape index (κ3) is 3.96. The summed E-state index contributed by atoms with van der Waals surface area (Å²) in [6.07, 6.45) is 1.41. The molecule has 1 aliphatic rings. The van der Waals surface area contributed by atoms with Crippen LogP contribution in [0.15, 0.2) is 97.1 Å². The Hall–Kier alpha value is -3.92. The molecule has 4 aromatic carbocycles. The molecule has 1 unspecified atom stereocenters. The molecule has 1 atom stereocenters. The average molecular weight is 446 g/mol. The highest BCUT2D eigenvalue weighted by Crippen LogP contribution is 2.31. The topological polar surface area (TPSA) is 38.1 Å². The van der Waals surface area contributed by atoms with Crippen molar-refractivity contribution in [3.8, 4) is 0 Å². The lowest BCUT2D eigenvalue weighted by Gasteiger charge is -2.17. The number of hydrogen-bond acceptors (Lipinski definition) is 2. The molecule has 168 valence electrons. The Labute approximate surface area is 199 Å². The van der Waals surface area contributed by atoms with Crippen LogP contribution in [0.4, 0.5) is 0 Å². The van der Waals surface area contributed by atoms with E-state index >= 15 is 0 Å². The number of benzene rings is 4. The maximum atomic E-state index is 12.9. The second-order valence-electron chi connectivity index (χ2n) is 9.20. The Balaban J connectivity index is 1.29. The number of imidazole rings is 1. The minimum absolute atomic E-state index is 0.108. The fraction of sp³-hybridized carbons (Fsp3) is 0.200. The van der Waals surface area contributed by atoms with Crippen molar-refractivity contribution in [2.24, 2.45) is 0 Å². The lowest BCUT2D eigenvalue weighted by Crippen LogP contribution is -2.27. The third-order valence-electron chi connectivity index (χ3n) is 6.93. The van der Waals surface area contributed by atoms with Crippen LogP contribution in [-0.4, -0.2) is 33.4 Å². The van der Waals surface area contributed by atoms with Crippen molar-refractivity contribution in [2.75, 3.05) is 13.1 Å². The van der Waals surface area contributed by atoms with Crippen molar-refractivity contribution in [3.05, 3.63) is 114 Å².